The maximum Gasteiger partial charge on any atom is 0.126 e. The molecule has 0 aliphatic heterocycles. The van der Waals surface area contributed by atoms with Crippen LogP contribution in [0.3, 0.4) is 0 Å². The van der Waals surface area contributed by atoms with E-state index in [0.29, 0.717) is 5.75 Å². The maximum atomic E-state index is 12.9. The maximum absolute atomic E-state index is 12.9. The molecule has 0 saturated heterocycles. The van der Waals surface area contributed by atoms with Gasteiger partial charge in [-0.05, 0) is 32.9 Å². The van der Waals surface area contributed by atoms with Crippen LogP contribution >= 0.6 is 0 Å². The Morgan fingerprint density at radius 3 is 2.67 bits per heavy atom. The van der Waals surface area contributed by atoms with E-state index in [4.69, 9.17) is 10.5 Å². The van der Waals surface area contributed by atoms with Gasteiger partial charge in [-0.2, -0.15) is 0 Å². The van der Waals surface area contributed by atoms with E-state index in [1.54, 1.807) is 12.1 Å². The van der Waals surface area contributed by atoms with E-state index >= 15 is 0 Å². The Hall–Kier alpha value is -1.09. The van der Waals surface area contributed by atoms with Gasteiger partial charge in [0.25, 0.3) is 0 Å². The van der Waals surface area contributed by atoms with Gasteiger partial charge in [-0.15, -0.1) is 0 Å². The molecule has 15 heavy (non-hydrogen) atoms. The van der Waals surface area contributed by atoms with E-state index in [2.05, 4.69) is 0 Å². The van der Waals surface area contributed by atoms with Crippen LogP contribution in [0.4, 0.5) is 4.39 Å². The molecule has 0 fully saturated rings. The molecule has 1 aromatic rings. The molecule has 2 nitrogen and oxygen atoms in total. The molecule has 0 spiro atoms. The normalized spacial score (nSPS) is 13.7. The summed E-state index contributed by atoms with van der Waals surface area (Å²) in [5.74, 6) is 0.254. The van der Waals surface area contributed by atoms with Gasteiger partial charge in [0.05, 0.1) is 0 Å². The van der Waals surface area contributed by atoms with Crippen molar-refractivity contribution in [3.8, 4) is 5.75 Å². The zero-order valence-corrected chi connectivity index (χ0v) is 9.46. The standard InChI is InChI=1S/C12H18FNO/c1-9(14)8-12(2,3)15-11-6-4-5-10(13)7-11/h4-7,9H,8,14H2,1-3H3. The van der Waals surface area contributed by atoms with Crippen LogP contribution in [0.5, 0.6) is 5.75 Å². The summed E-state index contributed by atoms with van der Waals surface area (Å²) in [6.07, 6.45) is 0.726. The van der Waals surface area contributed by atoms with Gasteiger partial charge in [-0.25, -0.2) is 4.39 Å². The zero-order chi connectivity index (χ0) is 11.5. The van der Waals surface area contributed by atoms with Gasteiger partial charge >= 0.3 is 0 Å². The van der Waals surface area contributed by atoms with E-state index in [0.717, 1.165) is 6.42 Å². The van der Waals surface area contributed by atoms with E-state index in [1.165, 1.54) is 12.1 Å². The van der Waals surface area contributed by atoms with Crippen LogP contribution in [0.1, 0.15) is 27.2 Å². The minimum Gasteiger partial charge on any atom is -0.488 e. The zero-order valence-electron chi connectivity index (χ0n) is 9.46. The first-order valence-electron chi connectivity index (χ1n) is 5.09. The van der Waals surface area contributed by atoms with Gasteiger partial charge in [0.2, 0.25) is 0 Å². The van der Waals surface area contributed by atoms with Crippen LogP contribution in [0, 0.1) is 5.82 Å². The van der Waals surface area contributed by atoms with E-state index in [9.17, 15) is 4.39 Å². The number of benzene rings is 1. The SMILES string of the molecule is CC(N)CC(C)(C)Oc1cccc(F)c1. The summed E-state index contributed by atoms with van der Waals surface area (Å²) >= 11 is 0. The minimum atomic E-state index is -0.373. The summed E-state index contributed by atoms with van der Waals surface area (Å²) in [6.45, 7) is 5.82. The number of nitrogens with two attached hydrogens (primary N) is 1. The van der Waals surface area contributed by atoms with Crippen LogP contribution in [-0.4, -0.2) is 11.6 Å². The van der Waals surface area contributed by atoms with Crippen molar-refractivity contribution in [1.29, 1.82) is 0 Å². The molecule has 0 aromatic heterocycles. The predicted octanol–water partition coefficient (Wildman–Crippen LogP) is 2.72. The summed E-state index contributed by atoms with van der Waals surface area (Å²) in [7, 11) is 0. The summed E-state index contributed by atoms with van der Waals surface area (Å²) in [5, 5.41) is 0. The summed E-state index contributed by atoms with van der Waals surface area (Å²) < 4.78 is 18.6. The van der Waals surface area contributed by atoms with Crippen molar-refractivity contribution < 1.29 is 9.13 Å². The fraction of sp³-hybridized carbons (Fsp3) is 0.500. The average molecular weight is 211 g/mol. The Labute approximate surface area is 90.2 Å². The topological polar surface area (TPSA) is 35.2 Å². The molecular formula is C12H18FNO. The van der Waals surface area contributed by atoms with Crippen molar-refractivity contribution in [1.82, 2.24) is 0 Å². The molecule has 0 radical (unpaired) electrons. The smallest absolute Gasteiger partial charge is 0.126 e. The number of hydrogen-bond donors (Lipinski definition) is 1. The third-order valence-corrected chi connectivity index (χ3v) is 2.00. The second kappa shape index (κ2) is 4.62. The number of halogens is 1. The molecule has 1 aromatic carbocycles. The van der Waals surface area contributed by atoms with Crippen LogP contribution < -0.4 is 10.5 Å². The number of ether oxygens (including phenoxy) is 1. The molecule has 0 bridgehead atoms. The molecule has 0 saturated carbocycles. The Morgan fingerprint density at radius 1 is 1.47 bits per heavy atom. The van der Waals surface area contributed by atoms with Gasteiger partial charge in [0.15, 0.2) is 0 Å². The Kier molecular flexibility index (Phi) is 3.69. The molecule has 0 heterocycles. The third kappa shape index (κ3) is 4.30. The first-order chi connectivity index (χ1) is 6.89. The van der Waals surface area contributed by atoms with E-state index in [-0.39, 0.29) is 17.5 Å². The number of rotatable bonds is 4. The van der Waals surface area contributed by atoms with Crippen molar-refractivity contribution in [3.05, 3.63) is 30.1 Å². The quantitative estimate of drug-likeness (QED) is 0.831. The predicted molar refractivity (Wildman–Crippen MR) is 59.4 cm³/mol. The molecule has 0 aliphatic carbocycles. The highest BCUT2D eigenvalue weighted by atomic mass is 19.1. The summed E-state index contributed by atoms with van der Waals surface area (Å²) in [4.78, 5) is 0. The molecule has 84 valence electrons. The summed E-state index contributed by atoms with van der Waals surface area (Å²) in [5.41, 5.74) is 5.33. The fourth-order valence-electron chi connectivity index (χ4n) is 1.67. The van der Waals surface area contributed by atoms with Crippen molar-refractivity contribution in [2.45, 2.75) is 38.8 Å². The van der Waals surface area contributed by atoms with Gasteiger partial charge < -0.3 is 10.5 Å². The van der Waals surface area contributed by atoms with Crippen molar-refractivity contribution >= 4 is 0 Å². The highest BCUT2D eigenvalue weighted by Crippen LogP contribution is 2.22. The van der Waals surface area contributed by atoms with E-state index < -0.39 is 0 Å². The lowest BCUT2D eigenvalue weighted by Gasteiger charge is -2.28. The van der Waals surface area contributed by atoms with Crippen LogP contribution in [0.25, 0.3) is 0 Å². The number of hydrogen-bond acceptors (Lipinski definition) is 2. The molecule has 1 atom stereocenters. The largest absolute Gasteiger partial charge is 0.488 e. The fourth-order valence-corrected chi connectivity index (χ4v) is 1.67. The lowest BCUT2D eigenvalue weighted by atomic mass is 10.0. The van der Waals surface area contributed by atoms with Crippen LogP contribution in [0.2, 0.25) is 0 Å². The molecule has 2 N–H and O–H groups in total. The Morgan fingerprint density at radius 2 is 2.13 bits per heavy atom. The molecule has 0 amide bonds. The molecule has 1 rings (SSSR count). The highest BCUT2D eigenvalue weighted by molar-refractivity contribution is 5.23. The lowest BCUT2D eigenvalue weighted by molar-refractivity contribution is 0.0929. The molecule has 1 unspecified atom stereocenters. The molecule has 3 heteroatoms. The second-order valence-corrected chi connectivity index (χ2v) is 4.50. The van der Waals surface area contributed by atoms with Gasteiger partial charge in [-0.3, -0.25) is 0 Å². The monoisotopic (exact) mass is 211 g/mol. The average Bonchev–Trinajstić information content (AvgIpc) is 1.99. The third-order valence-electron chi connectivity index (χ3n) is 2.00. The Balaban J connectivity index is 2.68. The molecular weight excluding hydrogens is 193 g/mol. The minimum absolute atomic E-state index is 0.0635. The highest BCUT2D eigenvalue weighted by Gasteiger charge is 2.21. The van der Waals surface area contributed by atoms with Crippen LogP contribution in [0.15, 0.2) is 24.3 Å². The second-order valence-electron chi connectivity index (χ2n) is 4.50. The Bertz CT molecular complexity index is 323. The van der Waals surface area contributed by atoms with Crippen LogP contribution in [-0.2, 0) is 0 Å². The van der Waals surface area contributed by atoms with E-state index in [1.807, 2.05) is 20.8 Å². The first kappa shape index (κ1) is 12.0. The lowest BCUT2D eigenvalue weighted by Crippen LogP contribution is -2.35. The summed E-state index contributed by atoms with van der Waals surface area (Å²) in [6, 6.07) is 6.21. The van der Waals surface area contributed by atoms with Crippen molar-refractivity contribution in [3.63, 3.8) is 0 Å². The van der Waals surface area contributed by atoms with Gasteiger partial charge in [0, 0.05) is 18.5 Å². The molecule has 0 aliphatic rings. The van der Waals surface area contributed by atoms with Gasteiger partial charge in [-0.1, -0.05) is 6.07 Å². The first-order valence-corrected chi connectivity index (χ1v) is 5.09. The van der Waals surface area contributed by atoms with Crippen molar-refractivity contribution in [2.24, 2.45) is 5.73 Å². The van der Waals surface area contributed by atoms with Gasteiger partial charge in [0.1, 0.15) is 17.2 Å². The van der Waals surface area contributed by atoms with Crippen molar-refractivity contribution in [2.75, 3.05) is 0 Å².